The Morgan fingerprint density at radius 3 is 2.05 bits per heavy atom. The van der Waals surface area contributed by atoms with Crippen LogP contribution in [0.25, 0.3) is 0 Å². The van der Waals surface area contributed by atoms with Gasteiger partial charge in [-0.05, 0) is 52.7 Å². The van der Waals surface area contributed by atoms with Gasteiger partial charge in [-0.15, -0.1) is 0 Å². The summed E-state index contributed by atoms with van der Waals surface area (Å²) in [7, 11) is 2.24. The van der Waals surface area contributed by atoms with Crippen molar-refractivity contribution in [2.45, 2.75) is 78.3 Å². The Balaban J connectivity index is 2.59. The summed E-state index contributed by atoms with van der Waals surface area (Å²) in [5, 5.41) is 0. The van der Waals surface area contributed by atoms with Crippen molar-refractivity contribution in [1.29, 1.82) is 0 Å². The zero-order chi connectivity index (χ0) is 15.5. The fourth-order valence-electron chi connectivity index (χ4n) is 4.19. The molecule has 0 unspecified atom stereocenters. The van der Waals surface area contributed by atoms with Crippen LogP contribution in [0.5, 0.6) is 0 Å². The van der Waals surface area contributed by atoms with Gasteiger partial charge in [-0.25, -0.2) is 0 Å². The highest BCUT2D eigenvalue weighted by atomic mass is 15.3. The third-order valence-electron chi connectivity index (χ3n) is 4.75. The Morgan fingerprint density at radius 1 is 1.05 bits per heavy atom. The van der Waals surface area contributed by atoms with E-state index in [0.717, 1.165) is 6.54 Å². The van der Waals surface area contributed by atoms with E-state index >= 15 is 0 Å². The molecule has 1 aromatic rings. The lowest BCUT2D eigenvalue weighted by Crippen LogP contribution is -2.56. The number of nitrogens with zero attached hydrogens (tertiary/aromatic N) is 2. The van der Waals surface area contributed by atoms with Gasteiger partial charge in [-0.1, -0.05) is 20.8 Å². The fourth-order valence-corrected chi connectivity index (χ4v) is 4.19. The lowest BCUT2D eigenvalue weighted by atomic mass is 9.84. The van der Waals surface area contributed by atoms with E-state index in [4.69, 9.17) is 0 Å². The summed E-state index contributed by atoms with van der Waals surface area (Å²) in [6.07, 6.45) is 1.17. The number of hydrogen-bond donors (Lipinski definition) is 0. The molecule has 0 radical (unpaired) electrons. The molecule has 1 aliphatic heterocycles. The van der Waals surface area contributed by atoms with Crippen molar-refractivity contribution in [3.05, 3.63) is 23.0 Å². The first-order chi connectivity index (χ1) is 8.87. The molecule has 1 aliphatic rings. The van der Waals surface area contributed by atoms with Crippen LogP contribution in [-0.4, -0.2) is 21.6 Å². The Kier molecular flexibility index (Phi) is 3.41. The average molecular weight is 276 g/mol. The van der Waals surface area contributed by atoms with Crippen molar-refractivity contribution in [1.82, 2.24) is 9.47 Å². The minimum Gasteiger partial charge on any atom is -0.349 e. The van der Waals surface area contributed by atoms with Gasteiger partial charge in [-0.3, -0.25) is 4.90 Å². The summed E-state index contributed by atoms with van der Waals surface area (Å²) in [5.41, 5.74) is 4.99. The van der Waals surface area contributed by atoms with Crippen molar-refractivity contribution >= 4 is 0 Å². The SMILES string of the molecule is Cn1c(C(C)(C)C)cc2c1C(C)(C)N(C(C)(C)C)CC2. The molecule has 0 saturated carbocycles. The summed E-state index contributed by atoms with van der Waals surface area (Å²) in [6, 6.07) is 2.44. The first-order valence-corrected chi connectivity index (χ1v) is 7.84. The monoisotopic (exact) mass is 276 g/mol. The predicted molar refractivity (Wildman–Crippen MR) is 87.3 cm³/mol. The first-order valence-electron chi connectivity index (χ1n) is 7.84. The molecule has 0 atom stereocenters. The minimum atomic E-state index is 0.0874. The van der Waals surface area contributed by atoms with Crippen LogP contribution in [-0.2, 0) is 24.4 Å². The molecule has 1 aromatic heterocycles. The highest BCUT2D eigenvalue weighted by Crippen LogP contribution is 2.42. The van der Waals surface area contributed by atoms with Crippen LogP contribution in [0.3, 0.4) is 0 Å². The van der Waals surface area contributed by atoms with E-state index in [-0.39, 0.29) is 16.5 Å². The van der Waals surface area contributed by atoms with E-state index in [2.05, 4.69) is 78.0 Å². The Labute approximate surface area is 125 Å². The molecule has 0 spiro atoms. The molecular weight excluding hydrogens is 244 g/mol. The van der Waals surface area contributed by atoms with Crippen LogP contribution in [0.1, 0.15) is 72.3 Å². The number of aromatic nitrogens is 1. The van der Waals surface area contributed by atoms with Gasteiger partial charge in [0.15, 0.2) is 0 Å². The van der Waals surface area contributed by atoms with E-state index in [1.165, 1.54) is 17.8 Å². The van der Waals surface area contributed by atoms with Crippen molar-refractivity contribution in [2.75, 3.05) is 6.54 Å². The predicted octanol–water partition coefficient (Wildman–Crippen LogP) is 4.21. The molecule has 0 fully saturated rings. The van der Waals surface area contributed by atoms with Gasteiger partial charge in [-0.2, -0.15) is 0 Å². The normalized spacial score (nSPS) is 20.1. The van der Waals surface area contributed by atoms with Gasteiger partial charge in [0, 0.05) is 35.9 Å². The van der Waals surface area contributed by atoms with Gasteiger partial charge in [0.2, 0.25) is 0 Å². The molecule has 0 N–H and O–H groups in total. The van der Waals surface area contributed by atoms with Crippen LogP contribution in [0.4, 0.5) is 0 Å². The second-order valence-corrected chi connectivity index (χ2v) is 8.84. The molecule has 2 heteroatoms. The Bertz CT molecular complexity index is 507. The first kappa shape index (κ1) is 15.6. The molecule has 2 rings (SSSR count). The molecular formula is C18H32N2. The van der Waals surface area contributed by atoms with Crippen molar-refractivity contribution in [3.63, 3.8) is 0 Å². The van der Waals surface area contributed by atoms with Gasteiger partial charge in [0.1, 0.15) is 0 Å². The smallest absolute Gasteiger partial charge is 0.0563 e. The van der Waals surface area contributed by atoms with Crippen LogP contribution >= 0.6 is 0 Å². The maximum Gasteiger partial charge on any atom is 0.0563 e. The third kappa shape index (κ3) is 2.32. The van der Waals surface area contributed by atoms with Crippen LogP contribution < -0.4 is 0 Å². The summed E-state index contributed by atoms with van der Waals surface area (Å²) in [6.45, 7) is 19.8. The summed E-state index contributed by atoms with van der Waals surface area (Å²) in [5.74, 6) is 0. The fraction of sp³-hybridized carbons (Fsp3) is 0.778. The lowest BCUT2D eigenvalue weighted by Gasteiger charge is -2.50. The van der Waals surface area contributed by atoms with E-state index in [1.54, 1.807) is 5.56 Å². The molecule has 20 heavy (non-hydrogen) atoms. The van der Waals surface area contributed by atoms with Crippen LogP contribution in [0.15, 0.2) is 6.07 Å². The van der Waals surface area contributed by atoms with E-state index in [1.807, 2.05) is 0 Å². The van der Waals surface area contributed by atoms with Crippen molar-refractivity contribution < 1.29 is 0 Å². The van der Waals surface area contributed by atoms with Gasteiger partial charge in [0.25, 0.3) is 0 Å². The lowest BCUT2D eigenvalue weighted by molar-refractivity contribution is 0.0112. The van der Waals surface area contributed by atoms with Crippen molar-refractivity contribution in [2.24, 2.45) is 7.05 Å². The molecule has 0 aromatic carbocycles. The molecule has 0 amide bonds. The zero-order valence-corrected chi connectivity index (χ0v) is 14.9. The van der Waals surface area contributed by atoms with E-state index in [0.29, 0.717) is 0 Å². The van der Waals surface area contributed by atoms with Gasteiger partial charge >= 0.3 is 0 Å². The second-order valence-electron chi connectivity index (χ2n) is 8.84. The van der Waals surface area contributed by atoms with Gasteiger partial charge in [0.05, 0.1) is 5.54 Å². The number of fused-ring (bicyclic) bond motifs is 1. The number of hydrogen-bond acceptors (Lipinski definition) is 1. The van der Waals surface area contributed by atoms with Crippen LogP contribution in [0, 0.1) is 0 Å². The average Bonchev–Trinajstić information content (AvgIpc) is 2.53. The summed E-state index contributed by atoms with van der Waals surface area (Å²) < 4.78 is 2.45. The zero-order valence-electron chi connectivity index (χ0n) is 14.9. The second kappa shape index (κ2) is 4.37. The standard InChI is InChI=1S/C18H32N2/c1-16(2,3)14-12-13-10-11-20(17(4,5)6)18(7,8)15(13)19(14)9/h12H,10-11H2,1-9H3. The van der Waals surface area contributed by atoms with Crippen molar-refractivity contribution in [3.8, 4) is 0 Å². The number of rotatable bonds is 0. The van der Waals surface area contributed by atoms with E-state index in [9.17, 15) is 0 Å². The maximum absolute atomic E-state index is 2.65. The minimum absolute atomic E-state index is 0.0874. The largest absolute Gasteiger partial charge is 0.349 e. The summed E-state index contributed by atoms with van der Waals surface area (Å²) >= 11 is 0. The molecule has 2 heterocycles. The highest BCUT2D eigenvalue weighted by Gasteiger charge is 2.43. The summed E-state index contributed by atoms with van der Waals surface area (Å²) in [4.78, 5) is 2.65. The molecule has 114 valence electrons. The molecule has 0 bridgehead atoms. The topological polar surface area (TPSA) is 8.17 Å². The Morgan fingerprint density at radius 2 is 1.60 bits per heavy atom. The van der Waals surface area contributed by atoms with E-state index < -0.39 is 0 Å². The Hall–Kier alpha value is -0.760. The van der Waals surface area contributed by atoms with Crippen LogP contribution in [0.2, 0.25) is 0 Å². The molecule has 0 saturated heterocycles. The van der Waals surface area contributed by atoms with Gasteiger partial charge < -0.3 is 4.57 Å². The third-order valence-corrected chi connectivity index (χ3v) is 4.75. The molecule has 0 aliphatic carbocycles. The quantitative estimate of drug-likeness (QED) is 0.689. The highest BCUT2D eigenvalue weighted by molar-refractivity contribution is 5.38. The molecule has 2 nitrogen and oxygen atoms in total. The maximum atomic E-state index is 2.65.